The van der Waals surface area contributed by atoms with Crippen LogP contribution in [0.3, 0.4) is 0 Å². The first-order valence-corrected chi connectivity index (χ1v) is 9.43. The van der Waals surface area contributed by atoms with Crippen molar-refractivity contribution in [2.45, 2.75) is 75.1 Å². The summed E-state index contributed by atoms with van der Waals surface area (Å²) in [6, 6.07) is -2.49. The first kappa shape index (κ1) is 24.8. The van der Waals surface area contributed by atoms with Crippen LogP contribution in [0.5, 0.6) is 0 Å². The van der Waals surface area contributed by atoms with E-state index < -0.39 is 79.7 Å². The van der Waals surface area contributed by atoms with E-state index in [0.29, 0.717) is 0 Å². The fraction of sp³-hybridized carbons (Fsp3) is 0.882. The quantitative estimate of drug-likeness (QED) is 0.202. The van der Waals surface area contributed by atoms with Crippen molar-refractivity contribution < 1.29 is 54.1 Å². The Bertz CT molecular complexity index is 594. The molecule has 7 N–H and O–H groups in total. The highest BCUT2D eigenvalue weighted by Crippen LogP contribution is 2.29. The first-order valence-electron chi connectivity index (χ1n) is 9.43. The Labute approximate surface area is 172 Å². The van der Waals surface area contributed by atoms with E-state index in [1.54, 1.807) is 0 Å². The fourth-order valence-electron chi connectivity index (χ4n) is 3.53. The third-order valence-electron chi connectivity index (χ3n) is 4.94. The highest BCUT2D eigenvalue weighted by molar-refractivity contribution is 5.73. The normalized spacial score (nSPS) is 41.9. The molecule has 174 valence electrons. The topological polar surface area (TPSA) is 196 Å². The molecule has 0 aliphatic carbocycles. The standard InChI is InChI=1S/C17H30N2O11/c1-6(21)18-10-14(25)15(9(5-27-3)28-16(10)26)30-17-11(19-7(2)22)13(24)12(23)8(4-20)29-17/h8-17,20,23-26H,4-5H2,1-3H3,(H,18,21)(H,19,22)/t8-,9-,10-,11-,12-,13-,14-,15-,16-,17+/m1/s1. The highest BCUT2D eigenvalue weighted by Gasteiger charge is 2.51. The van der Waals surface area contributed by atoms with Gasteiger partial charge in [-0.1, -0.05) is 0 Å². The van der Waals surface area contributed by atoms with Gasteiger partial charge in [-0.2, -0.15) is 0 Å². The molecule has 30 heavy (non-hydrogen) atoms. The van der Waals surface area contributed by atoms with Crippen LogP contribution in [0.1, 0.15) is 13.8 Å². The predicted octanol–water partition coefficient (Wildman–Crippen LogP) is -4.46. The monoisotopic (exact) mass is 438 g/mol. The number of methoxy groups -OCH3 is 1. The van der Waals surface area contributed by atoms with Crippen LogP contribution in [0.15, 0.2) is 0 Å². The molecule has 0 radical (unpaired) electrons. The average molecular weight is 438 g/mol. The molecule has 13 heteroatoms. The lowest BCUT2D eigenvalue weighted by Crippen LogP contribution is -2.69. The molecule has 10 atom stereocenters. The molecule has 0 aromatic carbocycles. The van der Waals surface area contributed by atoms with Gasteiger partial charge in [0.2, 0.25) is 11.8 Å². The van der Waals surface area contributed by atoms with Crippen molar-refractivity contribution in [2.24, 2.45) is 0 Å². The summed E-state index contributed by atoms with van der Waals surface area (Å²) >= 11 is 0. The Kier molecular flexibility index (Phi) is 8.90. The van der Waals surface area contributed by atoms with Crippen LogP contribution in [-0.4, -0.2) is 119 Å². The largest absolute Gasteiger partial charge is 0.394 e. The van der Waals surface area contributed by atoms with Gasteiger partial charge < -0.3 is 55.1 Å². The zero-order valence-electron chi connectivity index (χ0n) is 16.9. The molecule has 13 nitrogen and oxygen atoms in total. The average Bonchev–Trinajstić information content (AvgIpc) is 2.67. The van der Waals surface area contributed by atoms with Gasteiger partial charge in [0.15, 0.2) is 12.6 Å². The lowest BCUT2D eigenvalue weighted by molar-refractivity contribution is -0.328. The van der Waals surface area contributed by atoms with E-state index in [1.807, 2.05) is 0 Å². The maximum atomic E-state index is 11.6. The molecule has 0 unspecified atom stereocenters. The molecule has 2 saturated heterocycles. The van der Waals surface area contributed by atoms with Crippen molar-refractivity contribution in [3.63, 3.8) is 0 Å². The smallest absolute Gasteiger partial charge is 0.217 e. The minimum Gasteiger partial charge on any atom is -0.394 e. The molecule has 2 amide bonds. The molecule has 0 aromatic heterocycles. The maximum absolute atomic E-state index is 11.6. The number of carbonyl (C=O) groups excluding carboxylic acids is 2. The van der Waals surface area contributed by atoms with Crippen LogP contribution in [0.4, 0.5) is 0 Å². The van der Waals surface area contributed by atoms with Crippen LogP contribution < -0.4 is 10.6 Å². The number of hydrogen-bond donors (Lipinski definition) is 7. The maximum Gasteiger partial charge on any atom is 0.217 e. The number of carbonyl (C=O) groups is 2. The molecule has 2 rings (SSSR count). The minimum atomic E-state index is -1.56. The zero-order valence-corrected chi connectivity index (χ0v) is 16.9. The van der Waals surface area contributed by atoms with Gasteiger partial charge in [0.05, 0.1) is 13.2 Å². The van der Waals surface area contributed by atoms with Crippen LogP contribution in [0, 0.1) is 0 Å². The summed E-state index contributed by atoms with van der Waals surface area (Å²) in [7, 11) is 1.36. The van der Waals surface area contributed by atoms with Crippen molar-refractivity contribution in [3.8, 4) is 0 Å². The first-order chi connectivity index (χ1) is 14.1. The molecule has 2 fully saturated rings. The van der Waals surface area contributed by atoms with Gasteiger partial charge in [0.1, 0.15) is 48.7 Å². The van der Waals surface area contributed by atoms with E-state index in [0.717, 1.165) is 0 Å². The number of rotatable bonds is 7. The minimum absolute atomic E-state index is 0.113. The summed E-state index contributed by atoms with van der Waals surface area (Å²) in [6.45, 7) is 1.61. The van der Waals surface area contributed by atoms with E-state index in [-0.39, 0.29) is 6.61 Å². The molecule has 2 aliphatic heterocycles. The van der Waals surface area contributed by atoms with Gasteiger partial charge in [-0.3, -0.25) is 9.59 Å². The fourth-order valence-corrected chi connectivity index (χ4v) is 3.53. The van der Waals surface area contributed by atoms with E-state index in [1.165, 1.54) is 21.0 Å². The van der Waals surface area contributed by atoms with Crippen molar-refractivity contribution in [1.29, 1.82) is 0 Å². The number of ether oxygens (including phenoxy) is 4. The van der Waals surface area contributed by atoms with Gasteiger partial charge in [0.25, 0.3) is 0 Å². The number of amides is 2. The molecule has 2 heterocycles. The van der Waals surface area contributed by atoms with Crippen molar-refractivity contribution in [2.75, 3.05) is 20.3 Å². The summed E-state index contributed by atoms with van der Waals surface area (Å²) in [5.74, 6) is -1.08. The molecule has 2 aliphatic rings. The Hall–Kier alpha value is -1.42. The summed E-state index contributed by atoms with van der Waals surface area (Å²) in [5.41, 5.74) is 0. The lowest BCUT2D eigenvalue weighted by atomic mass is 9.94. The Balaban J connectivity index is 2.29. The third kappa shape index (κ3) is 5.63. The lowest BCUT2D eigenvalue weighted by Gasteiger charge is -2.47. The summed E-state index contributed by atoms with van der Waals surface area (Å²) in [5, 5.41) is 55.6. The Morgan fingerprint density at radius 3 is 2.03 bits per heavy atom. The van der Waals surface area contributed by atoms with Gasteiger partial charge in [0, 0.05) is 21.0 Å². The molecular weight excluding hydrogens is 408 g/mol. The van der Waals surface area contributed by atoms with Crippen LogP contribution in [0.2, 0.25) is 0 Å². The summed E-state index contributed by atoms with van der Waals surface area (Å²) < 4.78 is 21.7. The molecular formula is C17H30N2O11. The van der Waals surface area contributed by atoms with E-state index in [9.17, 15) is 35.1 Å². The molecule has 0 bridgehead atoms. The second kappa shape index (κ2) is 10.7. The number of nitrogens with one attached hydrogen (secondary N) is 2. The zero-order chi connectivity index (χ0) is 22.6. The third-order valence-corrected chi connectivity index (χ3v) is 4.94. The van der Waals surface area contributed by atoms with Gasteiger partial charge in [-0.15, -0.1) is 0 Å². The van der Waals surface area contributed by atoms with Crippen LogP contribution in [-0.2, 0) is 28.5 Å². The second-order valence-electron chi connectivity index (χ2n) is 7.27. The van der Waals surface area contributed by atoms with Gasteiger partial charge in [-0.05, 0) is 0 Å². The van der Waals surface area contributed by atoms with Crippen molar-refractivity contribution in [1.82, 2.24) is 10.6 Å². The van der Waals surface area contributed by atoms with Gasteiger partial charge in [-0.25, -0.2) is 0 Å². The predicted molar refractivity (Wildman–Crippen MR) is 96.6 cm³/mol. The number of hydrogen-bond acceptors (Lipinski definition) is 11. The second-order valence-corrected chi connectivity index (χ2v) is 7.27. The summed E-state index contributed by atoms with van der Waals surface area (Å²) in [6.07, 6.45) is -11.0. The number of aliphatic hydroxyl groups excluding tert-OH is 5. The van der Waals surface area contributed by atoms with E-state index >= 15 is 0 Å². The van der Waals surface area contributed by atoms with E-state index in [2.05, 4.69) is 10.6 Å². The van der Waals surface area contributed by atoms with Gasteiger partial charge >= 0.3 is 0 Å². The molecule has 0 spiro atoms. The van der Waals surface area contributed by atoms with Crippen LogP contribution >= 0.6 is 0 Å². The van der Waals surface area contributed by atoms with E-state index in [4.69, 9.17) is 18.9 Å². The number of aliphatic hydroxyl groups is 5. The summed E-state index contributed by atoms with van der Waals surface area (Å²) in [4.78, 5) is 23.0. The molecule has 0 aromatic rings. The Morgan fingerprint density at radius 1 is 0.900 bits per heavy atom. The van der Waals surface area contributed by atoms with Crippen molar-refractivity contribution >= 4 is 11.8 Å². The SMILES string of the molecule is COC[C@H]1O[C@@H](O)[C@H](NC(C)=O)[C@@H](O)[C@@H]1O[C@@H]1O[C@H](CO)[C@@H](O)[C@H](O)[C@H]1NC(C)=O. The highest BCUT2D eigenvalue weighted by atomic mass is 16.7. The molecule has 0 saturated carbocycles. The van der Waals surface area contributed by atoms with Crippen molar-refractivity contribution in [3.05, 3.63) is 0 Å². The Morgan fingerprint density at radius 2 is 1.50 bits per heavy atom. The van der Waals surface area contributed by atoms with Crippen LogP contribution in [0.25, 0.3) is 0 Å².